The second-order valence-corrected chi connectivity index (χ2v) is 5.17. The van der Waals surface area contributed by atoms with E-state index in [4.69, 9.17) is 5.73 Å². The van der Waals surface area contributed by atoms with Crippen molar-refractivity contribution >= 4 is 5.91 Å². The number of rotatable bonds is 3. The molecule has 0 bridgehead atoms. The smallest absolute Gasteiger partial charge is 0.219 e. The fraction of sp³-hybridized carbons (Fsp3) is 0.533. The highest BCUT2D eigenvalue weighted by Gasteiger charge is 2.24. The Morgan fingerprint density at radius 2 is 2.05 bits per heavy atom. The van der Waals surface area contributed by atoms with Crippen molar-refractivity contribution in [1.82, 2.24) is 9.80 Å². The van der Waals surface area contributed by atoms with Crippen LogP contribution in [0.2, 0.25) is 0 Å². The summed E-state index contributed by atoms with van der Waals surface area (Å²) in [5, 5.41) is 0. The first-order valence-electron chi connectivity index (χ1n) is 7.07. The number of benzene rings is 1. The van der Waals surface area contributed by atoms with Gasteiger partial charge >= 0.3 is 0 Å². The first-order valence-corrected chi connectivity index (χ1v) is 7.07. The second kappa shape index (κ2) is 6.81. The van der Waals surface area contributed by atoms with Crippen LogP contribution < -0.4 is 5.73 Å². The van der Waals surface area contributed by atoms with E-state index in [1.807, 2.05) is 11.0 Å². The zero-order valence-electron chi connectivity index (χ0n) is 11.9. The Balaban J connectivity index is 2.12. The first-order chi connectivity index (χ1) is 9.63. The summed E-state index contributed by atoms with van der Waals surface area (Å²) in [6.45, 7) is 4.98. The van der Waals surface area contributed by atoms with E-state index in [9.17, 15) is 9.18 Å². The van der Waals surface area contributed by atoms with Crippen molar-refractivity contribution in [3.63, 3.8) is 0 Å². The maximum atomic E-state index is 13.9. The van der Waals surface area contributed by atoms with Crippen LogP contribution in [0.4, 0.5) is 4.39 Å². The summed E-state index contributed by atoms with van der Waals surface area (Å²) in [6, 6.07) is 6.66. The van der Waals surface area contributed by atoms with Crippen molar-refractivity contribution in [3.05, 3.63) is 35.6 Å². The van der Waals surface area contributed by atoms with E-state index in [0.29, 0.717) is 18.7 Å². The van der Waals surface area contributed by atoms with Gasteiger partial charge in [0.1, 0.15) is 5.82 Å². The van der Waals surface area contributed by atoms with Crippen LogP contribution in [0.5, 0.6) is 0 Å². The van der Waals surface area contributed by atoms with E-state index in [1.54, 1.807) is 19.1 Å². The molecule has 0 radical (unpaired) electrons. The lowest BCUT2D eigenvalue weighted by Crippen LogP contribution is -2.38. The van der Waals surface area contributed by atoms with Crippen molar-refractivity contribution in [2.24, 2.45) is 5.73 Å². The fourth-order valence-electron chi connectivity index (χ4n) is 2.78. The van der Waals surface area contributed by atoms with Gasteiger partial charge in [0, 0.05) is 51.3 Å². The number of nitrogens with two attached hydrogens (primary N) is 1. The van der Waals surface area contributed by atoms with Gasteiger partial charge in [-0.1, -0.05) is 18.2 Å². The Labute approximate surface area is 119 Å². The number of halogens is 1. The zero-order valence-corrected chi connectivity index (χ0v) is 11.9. The van der Waals surface area contributed by atoms with Gasteiger partial charge in [0.05, 0.1) is 0 Å². The molecule has 1 aromatic rings. The highest BCUT2D eigenvalue weighted by Crippen LogP contribution is 2.23. The Morgan fingerprint density at radius 3 is 2.70 bits per heavy atom. The van der Waals surface area contributed by atoms with E-state index in [-0.39, 0.29) is 17.8 Å². The van der Waals surface area contributed by atoms with Crippen LogP contribution in [-0.4, -0.2) is 48.4 Å². The Hall–Kier alpha value is -1.46. The first kappa shape index (κ1) is 14.9. The molecule has 1 aliphatic heterocycles. The van der Waals surface area contributed by atoms with Gasteiger partial charge in [-0.05, 0) is 12.5 Å². The summed E-state index contributed by atoms with van der Waals surface area (Å²) in [6.07, 6.45) is 0.893. The van der Waals surface area contributed by atoms with Gasteiger partial charge < -0.3 is 10.6 Å². The van der Waals surface area contributed by atoms with Crippen LogP contribution in [0.3, 0.4) is 0 Å². The Kier molecular flexibility index (Phi) is 5.09. The molecule has 1 aromatic carbocycles. The third-order valence-corrected chi connectivity index (χ3v) is 3.90. The summed E-state index contributed by atoms with van der Waals surface area (Å²) in [5.74, 6) is -0.113. The van der Waals surface area contributed by atoms with Crippen molar-refractivity contribution < 1.29 is 9.18 Å². The maximum absolute atomic E-state index is 13.9. The van der Waals surface area contributed by atoms with Crippen molar-refractivity contribution in [3.8, 4) is 0 Å². The van der Waals surface area contributed by atoms with Crippen LogP contribution in [-0.2, 0) is 4.79 Å². The third-order valence-electron chi connectivity index (χ3n) is 3.90. The molecule has 1 unspecified atom stereocenters. The van der Waals surface area contributed by atoms with E-state index in [1.165, 1.54) is 6.07 Å². The summed E-state index contributed by atoms with van der Waals surface area (Å²) < 4.78 is 13.9. The molecule has 1 saturated heterocycles. The molecule has 1 heterocycles. The monoisotopic (exact) mass is 279 g/mol. The minimum atomic E-state index is -0.212. The highest BCUT2D eigenvalue weighted by molar-refractivity contribution is 5.73. The molecule has 0 aliphatic carbocycles. The summed E-state index contributed by atoms with van der Waals surface area (Å²) in [4.78, 5) is 15.5. The number of amides is 1. The lowest BCUT2D eigenvalue weighted by molar-refractivity contribution is -0.128. The molecule has 0 aromatic heterocycles. The molecule has 0 spiro atoms. The molecule has 20 heavy (non-hydrogen) atoms. The third kappa shape index (κ3) is 3.35. The van der Waals surface area contributed by atoms with Gasteiger partial charge in [0.2, 0.25) is 5.91 Å². The fourth-order valence-corrected chi connectivity index (χ4v) is 2.78. The second-order valence-electron chi connectivity index (χ2n) is 5.17. The lowest BCUT2D eigenvalue weighted by Gasteiger charge is -2.30. The zero-order chi connectivity index (χ0) is 14.5. The summed E-state index contributed by atoms with van der Waals surface area (Å²) in [5.41, 5.74) is 6.51. The molecule has 0 saturated carbocycles. The normalized spacial score (nSPS) is 18.6. The van der Waals surface area contributed by atoms with Crippen LogP contribution in [0, 0.1) is 5.82 Å². The average molecular weight is 279 g/mol. The molecule has 2 rings (SSSR count). The average Bonchev–Trinajstić information content (AvgIpc) is 2.68. The lowest BCUT2D eigenvalue weighted by atomic mass is 10.0. The van der Waals surface area contributed by atoms with Crippen molar-refractivity contribution in [1.29, 1.82) is 0 Å². The summed E-state index contributed by atoms with van der Waals surface area (Å²) >= 11 is 0. The molecular weight excluding hydrogens is 257 g/mol. The predicted octanol–water partition coefficient (Wildman–Crippen LogP) is 1.38. The SMILES string of the molecule is CC(=O)N1CCCN(C(CN)c2ccccc2F)CC1. The van der Waals surface area contributed by atoms with E-state index in [2.05, 4.69) is 4.90 Å². The molecule has 5 heteroatoms. The molecule has 2 N–H and O–H groups in total. The van der Waals surface area contributed by atoms with Crippen LogP contribution >= 0.6 is 0 Å². The highest BCUT2D eigenvalue weighted by atomic mass is 19.1. The molecule has 1 amide bonds. The Bertz CT molecular complexity index is 466. The van der Waals surface area contributed by atoms with Crippen molar-refractivity contribution in [2.45, 2.75) is 19.4 Å². The summed E-state index contributed by atoms with van der Waals surface area (Å²) in [7, 11) is 0. The minimum absolute atomic E-state index is 0.0991. The molecule has 4 nitrogen and oxygen atoms in total. The number of carbonyl (C=O) groups is 1. The van der Waals surface area contributed by atoms with Gasteiger partial charge in [0.25, 0.3) is 0 Å². The number of nitrogens with zero attached hydrogens (tertiary/aromatic N) is 2. The molecule has 1 atom stereocenters. The molecule has 110 valence electrons. The molecular formula is C15H22FN3O. The van der Waals surface area contributed by atoms with Crippen LogP contribution in [0.25, 0.3) is 0 Å². The van der Waals surface area contributed by atoms with Gasteiger partial charge in [-0.25, -0.2) is 4.39 Å². The number of carbonyl (C=O) groups excluding carboxylic acids is 1. The Morgan fingerprint density at radius 1 is 1.30 bits per heavy atom. The van der Waals surface area contributed by atoms with Crippen molar-refractivity contribution in [2.75, 3.05) is 32.7 Å². The topological polar surface area (TPSA) is 49.6 Å². The van der Waals surface area contributed by atoms with E-state index in [0.717, 1.165) is 26.1 Å². The van der Waals surface area contributed by atoms with E-state index >= 15 is 0 Å². The largest absolute Gasteiger partial charge is 0.342 e. The van der Waals surface area contributed by atoms with Crippen LogP contribution in [0.1, 0.15) is 24.9 Å². The predicted molar refractivity (Wildman–Crippen MR) is 76.6 cm³/mol. The van der Waals surface area contributed by atoms with Gasteiger partial charge in [0.15, 0.2) is 0 Å². The number of hydrogen-bond acceptors (Lipinski definition) is 3. The van der Waals surface area contributed by atoms with Gasteiger partial charge in [-0.2, -0.15) is 0 Å². The van der Waals surface area contributed by atoms with Crippen LogP contribution in [0.15, 0.2) is 24.3 Å². The maximum Gasteiger partial charge on any atom is 0.219 e. The molecule has 1 fully saturated rings. The van der Waals surface area contributed by atoms with E-state index < -0.39 is 0 Å². The number of hydrogen-bond donors (Lipinski definition) is 1. The minimum Gasteiger partial charge on any atom is -0.342 e. The molecule has 1 aliphatic rings. The quantitative estimate of drug-likeness (QED) is 0.909. The standard InChI is InChI=1S/C15H22FN3O/c1-12(20)18-7-4-8-19(10-9-18)15(11-17)13-5-2-3-6-14(13)16/h2-3,5-6,15H,4,7-11,17H2,1H3. The van der Waals surface area contributed by atoms with Gasteiger partial charge in [-0.15, -0.1) is 0 Å². The van der Waals surface area contributed by atoms with Gasteiger partial charge in [-0.3, -0.25) is 9.69 Å².